The fourth-order valence-corrected chi connectivity index (χ4v) is 0.955. The monoisotopic (exact) mass is 72.0 g/mol. The third-order valence-electron chi connectivity index (χ3n) is 0.949. The van der Waals surface area contributed by atoms with Gasteiger partial charge in [0.25, 0.3) is 0 Å². The second-order valence-corrected chi connectivity index (χ2v) is 2.93. The Morgan fingerprint density at radius 3 is 1.75 bits per heavy atom. The van der Waals surface area contributed by atoms with Gasteiger partial charge in [0.15, 0.2) is 0 Å². The molecule has 1 saturated carbocycles. The van der Waals surface area contributed by atoms with Gasteiger partial charge in [0.2, 0.25) is 0 Å². The summed E-state index contributed by atoms with van der Waals surface area (Å²) in [6.45, 7) is 0. The first-order valence-electron chi connectivity index (χ1n) is 1.62. The Bertz CT molecular complexity index is 39.2. The Morgan fingerprint density at radius 1 is 1.50 bits per heavy atom. The molecule has 2 aliphatic rings. The summed E-state index contributed by atoms with van der Waals surface area (Å²) in [5, 5.41) is 2.33. The predicted octanol–water partition coefficient (Wildman–Crippen LogP) is 0.874. The van der Waals surface area contributed by atoms with Crippen molar-refractivity contribution in [1.82, 2.24) is 0 Å². The van der Waals surface area contributed by atoms with Crippen LogP contribution in [0.2, 0.25) is 0 Å². The Kier molecular flexibility index (Phi) is 0.113. The third kappa shape index (κ3) is 0.0614. The van der Waals surface area contributed by atoms with Gasteiger partial charge in [-0.25, -0.2) is 0 Å². The highest BCUT2D eigenvalue weighted by molar-refractivity contribution is 8.09. The summed E-state index contributed by atoms with van der Waals surface area (Å²) in [4.78, 5) is 0. The molecule has 1 heterocycles. The highest BCUT2D eigenvalue weighted by Gasteiger charge is 2.54. The van der Waals surface area contributed by atoms with E-state index in [0.29, 0.717) is 0 Å². The first-order chi connectivity index (χ1) is 1.97. The summed E-state index contributed by atoms with van der Waals surface area (Å²) in [6, 6.07) is 0. The minimum absolute atomic E-state index is 1.17. The molecule has 0 aromatic carbocycles. The Labute approximate surface area is 29.6 Å². The average Bonchev–Trinajstić information content (AvgIpc) is 1.36. The van der Waals surface area contributed by atoms with E-state index in [-0.39, 0.29) is 0 Å². The molecule has 22 valence electrons. The molecule has 1 aliphatic carbocycles. The molecular formula is C3H4S. The zero-order chi connectivity index (χ0) is 2.57. The van der Waals surface area contributed by atoms with Gasteiger partial charge in [0.1, 0.15) is 0 Å². The molecule has 1 heteroatoms. The Hall–Kier alpha value is 0.350. The molecule has 0 amide bonds. The van der Waals surface area contributed by atoms with Crippen LogP contribution in [-0.4, -0.2) is 10.5 Å². The molecule has 4 heavy (non-hydrogen) atoms. The van der Waals surface area contributed by atoms with Crippen LogP contribution in [0, 0.1) is 0 Å². The van der Waals surface area contributed by atoms with Crippen molar-refractivity contribution >= 4 is 11.8 Å². The standard InChI is InChI=1S/C3H4S/c1-2-3(1)4-2/h2-3H,1H2/t2-,3?/m1/s1. The molecule has 0 spiro atoms. The molecular weight excluding hydrogens is 68.1 g/mol. The van der Waals surface area contributed by atoms with E-state index >= 15 is 0 Å². The molecule has 1 unspecified atom stereocenters. The van der Waals surface area contributed by atoms with Crippen molar-refractivity contribution < 1.29 is 0 Å². The number of hydrogen-bond acceptors (Lipinski definition) is 1. The maximum atomic E-state index is 2.12. The van der Waals surface area contributed by atoms with Gasteiger partial charge in [-0.15, -0.1) is 0 Å². The van der Waals surface area contributed by atoms with Gasteiger partial charge in [-0.05, 0) is 6.42 Å². The largest absolute Gasteiger partial charge is 0.153 e. The number of thioether (sulfide) groups is 1. The smallest absolute Gasteiger partial charge is 0.0181 e. The molecule has 0 bridgehead atoms. The van der Waals surface area contributed by atoms with E-state index in [2.05, 4.69) is 11.8 Å². The van der Waals surface area contributed by atoms with Crippen molar-refractivity contribution in [3.05, 3.63) is 0 Å². The lowest BCUT2D eigenvalue weighted by Gasteiger charge is -1.61. The average molecular weight is 72.1 g/mol. The SMILES string of the molecule is C1C2S[C@H]12. The number of rotatable bonds is 0. The highest BCUT2D eigenvalue weighted by Crippen LogP contribution is 2.62. The zero-order valence-corrected chi connectivity index (χ0v) is 3.09. The van der Waals surface area contributed by atoms with Crippen LogP contribution < -0.4 is 0 Å². The first-order valence-corrected chi connectivity index (χ1v) is 2.56. The summed E-state index contributed by atoms with van der Waals surface area (Å²) in [6.07, 6.45) is 1.55. The van der Waals surface area contributed by atoms with Crippen molar-refractivity contribution in [3.63, 3.8) is 0 Å². The second kappa shape index (κ2) is 0.265. The summed E-state index contributed by atoms with van der Waals surface area (Å²) in [5.41, 5.74) is 0. The minimum atomic E-state index is 1.17. The molecule has 1 aliphatic heterocycles. The van der Waals surface area contributed by atoms with Crippen molar-refractivity contribution in [3.8, 4) is 0 Å². The van der Waals surface area contributed by atoms with Crippen LogP contribution in [0.1, 0.15) is 6.42 Å². The molecule has 0 aromatic heterocycles. The van der Waals surface area contributed by atoms with E-state index in [0.717, 1.165) is 0 Å². The Morgan fingerprint density at radius 2 is 1.75 bits per heavy atom. The van der Waals surface area contributed by atoms with E-state index in [9.17, 15) is 0 Å². The lowest BCUT2D eigenvalue weighted by molar-refractivity contribution is 1.47. The lowest BCUT2D eigenvalue weighted by Crippen LogP contribution is -1.43. The van der Waals surface area contributed by atoms with Gasteiger partial charge in [-0.3, -0.25) is 0 Å². The molecule has 0 radical (unpaired) electrons. The third-order valence-corrected chi connectivity index (χ3v) is 2.38. The first kappa shape index (κ1) is 1.71. The molecule has 0 N–H and O–H groups in total. The van der Waals surface area contributed by atoms with Crippen molar-refractivity contribution in [2.24, 2.45) is 0 Å². The van der Waals surface area contributed by atoms with Crippen molar-refractivity contribution in [1.29, 1.82) is 0 Å². The Balaban J connectivity index is 2.48. The van der Waals surface area contributed by atoms with Gasteiger partial charge in [-0.2, -0.15) is 11.8 Å². The van der Waals surface area contributed by atoms with E-state index in [1.807, 2.05) is 0 Å². The van der Waals surface area contributed by atoms with Gasteiger partial charge in [0.05, 0.1) is 0 Å². The lowest BCUT2D eigenvalue weighted by atomic mass is 11.0. The zero-order valence-electron chi connectivity index (χ0n) is 2.27. The van der Waals surface area contributed by atoms with Crippen LogP contribution in [0.5, 0.6) is 0 Å². The molecule has 1 saturated heterocycles. The van der Waals surface area contributed by atoms with E-state index in [1.54, 1.807) is 6.42 Å². The fourth-order valence-electron chi connectivity index (χ4n) is 0.318. The topological polar surface area (TPSA) is 0 Å². The summed E-state index contributed by atoms with van der Waals surface area (Å²) >= 11 is 2.12. The number of hydrogen-bond donors (Lipinski definition) is 0. The van der Waals surface area contributed by atoms with Crippen LogP contribution in [-0.2, 0) is 0 Å². The van der Waals surface area contributed by atoms with Gasteiger partial charge in [0, 0.05) is 10.5 Å². The molecule has 2 rings (SSSR count). The van der Waals surface area contributed by atoms with Crippen molar-refractivity contribution in [2.75, 3.05) is 0 Å². The van der Waals surface area contributed by atoms with Gasteiger partial charge < -0.3 is 0 Å². The normalized spacial score (nSPS) is 66.0. The van der Waals surface area contributed by atoms with E-state index in [1.165, 1.54) is 10.5 Å². The van der Waals surface area contributed by atoms with E-state index in [4.69, 9.17) is 0 Å². The predicted molar refractivity (Wildman–Crippen MR) is 19.8 cm³/mol. The van der Waals surface area contributed by atoms with Crippen LogP contribution in [0.3, 0.4) is 0 Å². The molecule has 2 fully saturated rings. The summed E-state index contributed by atoms with van der Waals surface area (Å²) < 4.78 is 0. The van der Waals surface area contributed by atoms with Crippen LogP contribution in [0.4, 0.5) is 0 Å². The maximum Gasteiger partial charge on any atom is 0.0181 e. The summed E-state index contributed by atoms with van der Waals surface area (Å²) in [5.74, 6) is 0. The second-order valence-electron chi connectivity index (χ2n) is 1.45. The molecule has 2 atom stereocenters. The van der Waals surface area contributed by atoms with Crippen LogP contribution in [0.25, 0.3) is 0 Å². The van der Waals surface area contributed by atoms with E-state index < -0.39 is 0 Å². The fraction of sp³-hybridized carbons (Fsp3) is 1.00. The molecule has 0 nitrogen and oxygen atoms in total. The summed E-state index contributed by atoms with van der Waals surface area (Å²) in [7, 11) is 0. The van der Waals surface area contributed by atoms with Crippen molar-refractivity contribution in [2.45, 2.75) is 16.9 Å². The maximum absolute atomic E-state index is 2.12. The minimum Gasteiger partial charge on any atom is -0.153 e. The van der Waals surface area contributed by atoms with Crippen LogP contribution in [0.15, 0.2) is 0 Å². The quantitative estimate of drug-likeness (QED) is 0.383. The highest BCUT2D eigenvalue weighted by atomic mass is 32.2. The van der Waals surface area contributed by atoms with Gasteiger partial charge in [-0.1, -0.05) is 0 Å². The van der Waals surface area contributed by atoms with Gasteiger partial charge >= 0.3 is 0 Å². The molecule has 0 aromatic rings. The number of fused-ring (bicyclic) bond motifs is 1. The van der Waals surface area contributed by atoms with Crippen LogP contribution >= 0.6 is 11.8 Å².